The molecule has 16 heavy (non-hydrogen) atoms. The predicted molar refractivity (Wildman–Crippen MR) is 66.3 cm³/mol. The molecule has 0 bridgehead atoms. The molecule has 0 saturated heterocycles. The van der Waals surface area contributed by atoms with Gasteiger partial charge < -0.3 is 0 Å². The fraction of sp³-hybridized carbons (Fsp3) is 0.0769. The van der Waals surface area contributed by atoms with Crippen molar-refractivity contribution in [3.8, 4) is 11.1 Å². The van der Waals surface area contributed by atoms with Crippen molar-refractivity contribution >= 4 is 22.4 Å². The lowest BCUT2D eigenvalue weighted by Gasteiger charge is -2.00. The van der Waals surface area contributed by atoms with Crippen molar-refractivity contribution in [1.82, 2.24) is 0 Å². The molecular formula is C13H9ClOS. The zero-order chi connectivity index (χ0) is 11.3. The Hall–Kier alpha value is -1.12. The molecule has 0 fully saturated rings. The Morgan fingerprint density at radius 2 is 1.81 bits per heavy atom. The summed E-state index contributed by atoms with van der Waals surface area (Å²) < 4.78 is 12.2. The lowest BCUT2D eigenvalue weighted by Crippen LogP contribution is -1.86. The Bertz CT molecular complexity index is 619. The molecule has 0 aromatic heterocycles. The van der Waals surface area contributed by atoms with Crippen molar-refractivity contribution < 1.29 is 4.21 Å². The van der Waals surface area contributed by atoms with Gasteiger partial charge in [-0.2, -0.15) is 0 Å². The van der Waals surface area contributed by atoms with Gasteiger partial charge in [0.2, 0.25) is 0 Å². The van der Waals surface area contributed by atoms with E-state index in [9.17, 15) is 4.21 Å². The fourth-order valence-corrected chi connectivity index (χ4v) is 3.64. The van der Waals surface area contributed by atoms with Crippen LogP contribution in [0, 0.1) is 6.92 Å². The number of fused-ring (bicyclic) bond motifs is 3. The van der Waals surface area contributed by atoms with Gasteiger partial charge in [0.25, 0.3) is 0 Å². The van der Waals surface area contributed by atoms with Crippen LogP contribution in [0.4, 0.5) is 0 Å². The predicted octanol–water partition coefficient (Wildman–Crippen LogP) is 3.80. The molecule has 1 atom stereocenters. The molecule has 0 aliphatic carbocycles. The molecule has 3 heteroatoms. The average molecular weight is 249 g/mol. The van der Waals surface area contributed by atoms with Crippen molar-refractivity contribution in [1.29, 1.82) is 0 Å². The highest BCUT2D eigenvalue weighted by Gasteiger charge is 2.25. The molecule has 2 aromatic rings. The van der Waals surface area contributed by atoms with Gasteiger partial charge in [-0.1, -0.05) is 23.7 Å². The Morgan fingerprint density at radius 3 is 2.62 bits per heavy atom. The highest BCUT2D eigenvalue weighted by Crippen LogP contribution is 2.41. The Kier molecular flexibility index (Phi) is 2.16. The van der Waals surface area contributed by atoms with E-state index in [1.165, 1.54) is 0 Å². The maximum atomic E-state index is 12.2. The van der Waals surface area contributed by atoms with Crippen molar-refractivity contribution in [2.24, 2.45) is 0 Å². The average Bonchev–Trinajstić information content (AvgIpc) is 2.52. The van der Waals surface area contributed by atoms with Gasteiger partial charge in [-0.3, -0.25) is 0 Å². The van der Waals surface area contributed by atoms with E-state index >= 15 is 0 Å². The van der Waals surface area contributed by atoms with Crippen LogP contribution in [0.2, 0.25) is 5.02 Å². The number of hydrogen-bond donors (Lipinski definition) is 0. The van der Waals surface area contributed by atoms with E-state index in [1.54, 1.807) is 6.07 Å². The summed E-state index contributed by atoms with van der Waals surface area (Å²) in [4.78, 5) is 1.77. The smallest absolute Gasteiger partial charge is 0.0862 e. The van der Waals surface area contributed by atoms with Crippen molar-refractivity contribution in [3.05, 3.63) is 47.0 Å². The quantitative estimate of drug-likeness (QED) is 0.592. The van der Waals surface area contributed by atoms with Gasteiger partial charge in [-0.25, -0.2) is 4.21 Å². The van der Waals surface area contributed by atoms with Crippen LogP contribution >= 0.6 is 11.6 Å². The topological polar surface area (TPSA) is 17.1 Å². The Morgan fingerprint density at radius 1 is 1.00 bits per heavy atom. The Balaban J connectivity index is 2.36. The molecule has 2 aromatic carbocycles. The minimum Gasteiger partial charge on any atom is -0.249 e. The number of hydrogen-bond acceptors (Lipinski definition) is 1. The summed E-state index contributed by atoms with van der Waals surface area (Å²) in [7, 11) is -1.05. The third-order valence-corrected chi connectivity index (χ3v) is 4.50. The van der Waals surface area contributed by atoms with Gasteiger partial charge in [0, 0.05) is 10.6 Å². The molecule has 1 heterocycles. The molecule has 0 amide bonds. The highest BCUT2D eigenvalue weighted by atomic mass is 35.5. The molecular weight excluding hydrogens is 240 g/mol. The highest BCUT2D eigenvalue weighted by molar-refractivity contribution is 7.85. The third-order valence-electron chi connectivity index (χ3n) is 2.77. The van der Waals surface area contributed by atoms with E-state index in [1.807, 2.05) is 37.3 Å². The van der Waals surface area contributed by atoms with E-state index in [4.69, 9.17) is 11.6 Å². The van der Waals surface area contributed by atoms with Gasteiger partial charge in [-0.05, 0) is 42.3 Å². The molecule has 0 saturated carbocycles. The first kappa shape index (κ1) is 10.1. The minimum atomic E-state index is -1.05. The summed E-state index contributed by atoms with van der Waals surface area (Å²) in [5.74, 6) is 0. The standard InChI is InChI=1S/C13H9ClOS/c1-8-2-4-10-11-7-9(14)3-5-12(11)16(15)13(10)6-8/h2-7H,1H3. The first-order valence-corrected chi connectivity index (χ1v) is 6.52. The van der Waals surface area contributed by atoms with Crippen LogP contribution in [0.3, 0.4) is 0 Å². The summed E-state index contributed by atoms with van der Waals surface area (Å²) in [6.45, 7) is 2.01. The summed E-state index contributed by atoms with van der Waals surface area (Å²) in [5.41, 5.74) is 3.17. The second-order valence-corrected chi connectivity index (χ2v) is 5.76. The van der Waals surface area contributed by atoms with Crippen LogP contribution in [0.25, 0.3) is 11.1 Å². The second-order valence-electron chi connectivity index (χ2n) is 3.91. The van der Waals surface area contributed by atoms with E-state index in [2.05, 4.69) is 0 Å². The summed E-state index contributed by atoms with van der Waals surface area (Å²) in [6, 6.07) is 11.6. The first-order chi connectivity index (χ1) is 7.66. The van der Waals surface area contributed by atoms with E-state index in [0.29, 0.717) is 5.02 Å². The van der Waals surface area contributed by atoms with E-state index in [0.717, 1.165) is 26.5 Å². The third kappa shape index (κ3) is 1.34. The van der Waals surface area contributed by atoms with Gasteiger partial charge in [-0.15, -0.1) is 0 Å². The van der Waals surface area contributed by atoms with Crippen LogP contribution in [0.1, 0.15) is 5.56 Å². The fourth-order valence-electron chi connectivity index (χ4n) is 2.00. The summed E-state index contributed by atoms with van der Waals surface area (Å²) >= 11 is 5.97. The zero-order valence-electron chi connectivity index (χ0n) is 8.66. The van der Waals surface area contributed by atoms with Crippen LogP contribution in [-0.2, 0) is 10.8 Å². The SMILES string of the molecule is Cc1ccc2c(c1)S(=O)c1ccc(Cl)cc1-2. The first-order valence-electron chi connectivity index (χ1n) is 4.99. The zero-order valence-corrected chi connectivity index (χ0v) is 10.2. The summed E-state index contributed by atoms with van der Waals surface area (Å²) in [5, 5.41) is 0.684. The maximum Gasteiger partial charge on any atom is 0.0862 e. The Labute approximate surface area is 102 Å². The van der Waals surface area contributed by atoms with Gasteiger partial charge in [0.15, 0.2) is 0 Å². The lowest BCUT2D eigenvalue weighted by atomic mass is 10.0. The minimum absolute atomic E-state index is 0.684. The number of benzene rings is 2. The van der Waals surface area contributed by atoms with Crippen LogP contribution < -0.4 is 0 Å². The lowest BCUT2D eigenvalue weighted by molar-refractivity contribution is 0.685. The normalized spacial score (nSPS) is 17.0. The van der Waals surface area contributed by atoms with Gasteiger partial charge in [0.05, 0.1) is 20.6 Å². The molecule has 80 valence electrons. The van der Waals surface area contributed by atoms with Crippen molar-refractivity contribution in [2.45, 2.75) is 16.7 Å². The van der Waals surface area contributed by atoms with Gasteiger partial charge >= 0.3 is 0 Å². The van der Waals surface area contributed by atoms with E-state index < -0.39 is 10.8 Å². The number of halogens is 1. The number of aryl methyl sites for hydroxylation is 1. The van der Waals surface area contributed by atoms with Crippen molar-refractivity contribution in [2.75, 3.05) is 0 Å². The van der Waals surface area contributed by atoms with Crippen LogP contribution in [-0.4, -0.2) is 4.21 Å². The monoisotopic (exact) mass is 248 g/mol. The molecule has 1 nitrogen and oxygen atoms in total. The summed E-state index contributed by atoms with van der Waals surface area (Å²) in [6.07, 6.45) is 0. The van der Waals surface area contributed by atoms with E-state index in [-0.39, 0.29) is 0 Å². The van der Waals surface area contributed by atoms with Crippen LogP contribution in [0.15, 0.2) is 46.2 Å². The molecule has 0 radical (unpaired) electrons. The van der Waals surface area contributed by atoms with Crippen molar-refractivity contribution in [3.63, 3.8) is 0 Å². The number of rotatable bonds is 0. The second kappa shape index (κ2) is 3.44. The largest absolute Gasteiger partial charge is 0.249 e. The molecule has 0 spiro atoms. The molecule has 1 unspecified atom stereocenters. The maximum absolute atomic E-state index is 12.2. The molecule has 0 N–H and O–H groups in total. The molecule has 3 rings (SSSR count). The van der Waals surface area contributed by atoms with Gasteiger partial charge in [0.1, 0.15) is 0 Å². The molecule has 1 aliphatic rings. The van der Waals surface area contributed by atoms with Crippen LogP contribution in [0.5, 0.6) is 0 Å². The molecule has 1 aliphatic heterocycles.